The number of methoxy groups -OCH3 is 1. The van der Waals surface area contributed by atoms with Crippen LogP contribution in [0, 0.1) is 0 Å². The van der Waals surface area contributed by atoms with E-state index in [-0.39, 0.29) is 5.91 Å². The summed E-state index contributed by atoms with van der Waals surface area (Å²) in [6.45, 7) is 0. The van der Waals surface area contributed by atoms with Crippen LogP contribution in [-0.4, -0.2) is 18.0 Å². The van der Waals surface area contributed by atoms with E-state index in [4.69, 9.17) is 16.3 Å². The Hall–Kier alpha value is -2.59. The van der Waals surface area contributed by atoms with E-state index in [0.29, 0.717) is 10.8 Å². The van der Waals surface area contributed by atoms with E-state index in [1.807, 2.05) is 48.5 Å². The number of aromatic nitrogens is 1. The molecule has 1 aliphatic rings. The van der Waals surface area contributed by atoms with Crippen LogP contribution in [-0.2, 0) is 10.2 Å². The zero-order valence-corrected chi connectivity index (χ0v) is 15.9. The van der Waals surface area contributed by atoms with E-state index in [1.165, 1.54) is 0 Å². The number of carbonyl (C=O) groups is 1. The molecule has 0 unspecified atom stereocenters. The largest absolute Gasteiger partial charge is 0.494 e. The molecule has 1 aliphatic carbocycles. The molecule has 4 rings (SSSR count). The predicted octanol–water partition coefficient (Wildman–Crippen LogP) is 5.35. The molecule has 1 heterocycles. The highest BCUT2D eigenvalue weighted by atomic mass is 35.5. The minimum Gasteiger partial charge on any atom is -0.494 e. The molecule has 3 aromatic rings. The van der Waals surface area contributed by atoms with Gasteiger partial charge in [-0.2, -0.15) is 0 Å². The molecule has 2 aromatic carbocycles. The zero-order valence-electron chi connectivity index (χ0n) is 15.2. The van der Waals surface area contributed by atoms with Gasteiger partial charge in [0.25, 0.3) is 0 Å². The first kappa shape index (κ1) is 17.8. The Morgan fingerprint density at radius 3 is 2.56 bits per heavy atom. The summed E-state index contributed by atoms with van der Waals surface area (Å²) in [5.74, 6) is 0.717. The number of benzene rings is 2. The van der Waals surface area contributed by atoms with Crippen molar-refractivity contribution >= 4 is 34.1 Å². The molecule has 0 aliphatic heterocycles. The minimum absolute atomic E-state index is 0.0256. The SMILES string of the molecule is COc1ccc(NC(=O)C2(c3ccc(Cl)cc3)CCCC2)c2cccnc12. The van der Waals surface area contributed by atoms with Crippen LogP contribution in [0.15, 0.2) is 54.7 Å². The molecule has 1 N–H and O–H groups in total. The van der Waals surface area contributed by atoms with E-state index >= 15 is 0 Å². The van der Waals surface area contributed by atoms with Crippen molar-refractivity contribution in [3.8, 4) is 5.75 Å². The second kappa shape index (κ2) is 7.20. The molecule has 0 spiro atoms. The summed E-state index contributed by atoms with van der Waals surface area (Å²) in [5.41, 5.74) is 2.01. The highest BCUT2D eigenvalue weighted by Gasteiger charge is 2.42. The van der Waals surface area contributed by atoms with Crippen LogP contribution in [0.25, 0.3) is 10.9 Å². The van der Waals surface area contributed by atoms with Gasteiger partial charge in [0.1, 0.15) is 11.3 Å². The third kappa shape index (κ3) is 3.15. The van der Waals surface area contributed by atoms with Crippen LogP contribution >= 0.6 is 11.6 Å². The summed E-state index contributed by atoms with van der Waals surface area (Å²) >= 11 is 6.05. The molecule has 5 heteroatoms. The Balaban J connectivity index is 1.72. The van der Waals surface area contributed by atoms with Crippen molar-refractivity contribution in [2.24, 2.45) is 0 Å². The second-order valence-electron chi connectivity index (χ2n) is 6.97. The third-order valence-corrected chi connectivity index (χ3v) is 5.74. The smallest absolute Gasteiger partial charge is 0.235 e. The fourth-order valence-electron chi connectivity index (χ4n) is 4.06. The standard InChI is InChI=1S/C22H21ClN2O2/c1-27-19-11-10-18(17-5-4-14-24-20(17)19)25-21(26)22(12-2-3-13-22)15-6-8-16(23)9-7-15/h4-11,14H,2-3,12-13H2,1H3,(H,25,26). The maximum atomic E-state index is 13.4. The zero-order chi connectivity index (χ0) is 18.9. The number of amides is 1. The van der Waals surface area contributed by atoms with Gasteiger partial charge in [0.05, 0.1) is 18.2 Å². The van der Waals surface area contributed by atoms with Gasteiger partial charge in [-0.15, -0.1) is 0 Å². The van der Waals surface area contributed by atoms with Crippen molar-refractivity contribution in [2.75, 3.05) is 12.4 Å². The van der Waals surface area contributed by atoms with Crippen molar-refractivity contribution in [3.05, 3.63) is 65.3 Å². The molecule has 0 radical (unpaired) electrons. The van der Waals surface area contributed by atoms with Crippen LogP contribution in [0.5, 0.6) is 5.75 Å². The maximum absolute atomic E-state index is 13.4. The van der Waals surface area contributed by atoms with Crippen molar-refractivity contribution in [3.63, 3.8) is 0 Å². The number of halogens is 1. The van der Waals surface area contributed by atoms with Crippen LogP contribution in [0.2, 0.25) is 5.02 Å². The van der Waals surface area contributed by atoms with Gasteiger partial charge in [-0.25, -0.2) is 0 Å². The van der Waals surface area contributed by atoms with E-state index in [0.717, 1.165) is 47.8 Å². The van der Waals surface area contributed by atoms with Gasteiger partial charge in [0, 0.05) is 16.6 Å². The number of pyridine rings is 1. The lowest BCUT2D eigenvalue weighted by atomic mass is 9.78. The normalized spacial score (nSPS) is 15.6. The molecule has 1 aromatic heterocycles. The molecule has 0 bridgehead atoms. The van der Waals surface area contributed by atoms with Crippen molar-refractivity contribution in [1.82, 2.24) is 4.98 Å². The van der Waals surface area contributed by atoms with E-state index in [2.05, 4.69) is 10.3 Å². The summed E-state index contributed by atoms with van der Waals surface area (Å²) in [5, 5.41) is 4.71. The van der Waals surface area contributed by atoms with Gasteiger partial charge < -0.3 is 10.1 Å². The lowest BCUT2D eigenvalue weighted by Crippen LogP contribution is -2.38. The quantitative estimate of drug-likeness (QED) is 0.664. The van der Waals surface area contributed by atoms with Crippen molar-refractivity contribution in [2.45, 2.75) is 31.1 Å². The summed E-state index contributed by atoms with van der Waals surface area (Å²) in [7, 11) is 1.62. The monoisotopic (exact) mass is 380 g/mol. The lowest BCUT2D eigenvalue weighted by Gasteiger charge is -2.28. The Bertz CT molecular complexity index is 979. The van der Waals surface area contributed by atoms with Gasteiger partial charge in [0.15, 0.2) is 0 Å². The van der Waals surface area contributed by atoms with Crippen LogP contribution in [0.1, 0.15) is 31.2 Å². The molecular formula is C22H21ClN2O2. The molecule has 138 valence electrons. The number of rotatable bonds is 4. The Labute approximate surface area is 163 Å². The van der Waals surface area contributed by atoms with E-state index < -0.39 is 5.41 Å². The molecule has 0 saturated heterocycles. The molecule has 0 atom stereocenters. The van der Waals surface area contributed by atoms with Gasteiger partial charge in [-0.05, 0) is 54.8 Å². The van der Waals surface area contributed by atoms with E-state index in [9.17, 15) is 4.79 Å². The molecule has 1 fully saturated rings. The van der Waals surface area contributed by atoms with Gasteiger partial charge in [-0.3, -0.25) is 9.78 Å². The predicted molar refractivity (Wildman–Crippen MR) is 109 cm³/mol. The van der Waals surface area contributed by atoms with Crippen LogP contribution < -0.4 is 10.1 Å². The number of ether oxygens (including phenoxy) is 1. The maximum Gasteiger partial charge on any atom is 0.235 e. The summed E-state index contributed by atoms with van der Waals surface area (Å²) in [6.07, 6.45) is 5.49. The Kier molecular flexibility index (Phi) is 4.75. The van der Waals surface area contributed by atoms with Crippen LogP contribution in [0.4, 0.5) is 5.69 Å². The first-order chi connectivity index (χ1) is 13.1. The number of fused-ring (bicyclic) bond motifs is 1. The molecule has 27 heavy (non-hydrogen) atoms. The average molecular weight is 381 g/mol. The fourth-order valence-corrected chi connectivity index (χ4v) is 4.18. The summed E-state index contributed by atoms with van der Waals surface area (Å²) in [4.78, 5) is 17.8. The summed E-state index contributed by atoms with van der Waals surface area (Å²) < 4.78 is 5.40. The molecule has 1 saturated carbocycles. The Morgan fingerprint density at radius 2 is 1.85 bits per heavy atom. The van der Waals surface area contributed by atoms with Crippen LogP contribution in [0.3, 0.4) is 0 Å². The number of nitrogens with zero attached hydrogens (tertiary/aromatic N) is 1. The lowest BCUT2D eigenvalue weighted by molar-refractivity contribution is -0.121. The highest BCUT2D eigenvalue weighted by molar-refractivity contribution is 6.30. The van der Waals surface area contributed by atoms with Gasteiger partial charge in [-0.1, -0.05) is 36.6 Å². The first-order valence-electron chi connectivity index (χ1n) is 9.13. The highest BCUT2D eigenvalue weighted by Crippen LogP contribution is 2.43. The van der Waals surface area contributed by atoms with E-state index in [1.54, 1.807) is 13.3 Å². The number of hydrogen-bond acceptors (Lipinski definition) is 3. The van der Waals surface area contributed by atoms with Crippen molar-refractivity contribution in [1.29, 1.82) is 0 Å². The average Bonchev–Trinajstić information content (AvgIpc) is 3.20. The summed E-state index contributed by atoms with van der Waals surface area (Å²) in [6, 6.07) is 15.2. The fraction of sp³-hybridized carbons (Fsp3) is 0.273. The minimum atomic E-state index is -0.515. The molecular weight excluding hydrogens is 360 g/mol. The molecule has 1 amide bonds. The Morgan fingerprint density at radius 1 is 1.11 bits per heavy atom. The van der Waals surface area contributed by atoms with Crippen molar-refractivity contribution < 1.29 is 9.53 Å². The number of carbonyl (C=O) groups excluding carboxylic acids is 1. The third-order valence-electron chi connectivity index (χ3n) is 5.49. The number of hydrogen-bond donors (Lipinski definition) is 1. The second-order valence-corrected chi connectivity index (χ2v) is 7.40. The molecule has 4 nitrogen and oxygen atoms in total. The first-order valence-corrected chi connectivity index (χ1v) is 9.51. The van der Waals surface area contributed by atoms with Gasteiger partial charge >= 0.3 is 0 Å². The topological polar surface area (TPSA) is 51.2 Å². The number of nitrogens with one attached hydrogen (secondary N) is 1. The van der Waals surface area contributed by atoms with Gasteiger partial charge in [0.2, 0.25) is 5.91 Å². The number of anilines is 1.